The molecule has 0 aliphatic rings. The van der Waals surface area contributed by atoms with Crippen LogP contribution in [0.5, 0.6) is 0 Å². The minimum Gasteiger partial charge on any atom is -0.393 e. The van der Waals surface area contributed by atoms with E-state index in [9.17, 15) is 5.11 Å². The van der Waals surface area contributed by atoms with Crippen LogP contribution in [0.25, 0.3) is 11.0 Å². The average molecular weight is 335 g/mol. The predicted molar refractivity (Wildman–Crippen MR) is 97.3 cm³/mol. The van der Waals surface area contributed by atoms with E-state index < -0.39 is 0 Å². The summed E-state index contributed by atoms with van der Waals surface area (Å²) in [5, 5.41) is 13.3. The van der Waals surface area contributed by atoms with Gasteiger partial charge in [0.15, 0.2) is 5.82 Å². The fourth-order valence-corrected chi connectivity index (χ4v) is 3.51. The molecule has 0 radical (unpaired) electrons. The van der Waals surface area contributed by atoms with Crippen LogP contribution < -0.4 is 11.1 Å². The van der Waals surface area contributed by atoms with Gasteiger partial charge < -0.3 is 21.1 Å². The van der Waals surface area contributed by atoms with E-state index in [1.807, 2.05) is 31.0 Å². The van der Waals surface area contributed by atoms with Gasteiger partial charge in [-0.1, -0.05) is 6.08 Å². The van der Waals surface area contributed by atoms with Crippen molar-refractivity contribution < 1.29 is 5.11 Å². The van der Waals surface area contributed by atoms with Crippen molar-refractivity contribution in [3.8, 4) is 0 Å². The lowest BCUT2D eigenvalue weighted by Crippen LogP contribution is -2.31. The molecule has 2 atom stereocenters. The lowest BCUT2D eigenvalue weighted by Gasteiger charge is -2.20. The predicted octanol–water partition coefficient (Wildman–Crippen LogP) is 1.94. The minimum absolute atomic E-state index is 0.217. The molecular formula is C16H25N5OS. The number of nitrogens with one attached hydrogen (secondary N) is 2. The van der Waals surface area contributed by atoms with E-state index in [-0.39, 0.29) is 12.0 Å². The molecule has 0 saturated carbocycles. The smallest absolute Gasteiger partial charge is 0.151 e. The summed E-state index contributed by atoms with van der Waals surface area (Å²) < 4.78 is 0. The van der Waals surface area contributed by atoms with Crippen LogP contribution in [0, 0.1) is 5.92 Å². The number of rotatable bonds is 10. The molecule has 2 aromatic heterocycles. The maximum atomic E-state index is 9.92. The second kappa shape index (κ2) is 8.90. The van der Waals surface area contributed by atoms with Gasteiger partial charge in [-0.3, -0.25) is 0 Å². The molecule has 0 aromatic carbocycles. The summed E-state index contributed by atoms with van der Waals surface area (Å²) in [6.45, 7) is 7.01. The lowest BCUT2D eigenvalue weighted by atomic mass is 10.1. The van der Waals surface area contributed by atoms with E-state index in [2.05, 4.69) is 26.8 Å². The number of aromatic amines is 1. The molecule has 2 aromatic rings. The molecule has 2 heterocycles. The summed E-state index contributed by atoms with van der Waals surface area (Å²) >= 11 is 1.85. The van der Waals surface area contributed by atoms with Crippen molar-refractivity contribution in [3.05, 3.63) is 30.7 Å². The topological polar surface area (TPSA) is 99.9 Å². The zero-order chi connectivity index (χ0) is 16.7. The number of allylic oxidation sites excluding steroid dienone is 1. The Labute approximate surface area is 141 Å². The third kappa shape index (κ3) is 4.95. The van der Waals surface area contributed by atoms with E-state index in [0.29, 0.717) is 12.4 Å². The number of aliphatic hydroxyl groups excluding tert-OH is 1. The van der Waals surface area contributed by atoms with Gasteiger partial charge in [0.05, 0.1) is 11.6 Å². The average Bonchev–Trinajstić information content (AvgIpc) is 2.94. The van der Waals surface area contributed by atoms with Gasteiger partial charge in [0.25, 0.3) is 0 Å². The summed E-state index contributed by atoms with van der Waals surface area (Å²) in [7, 11) is 0. The standard InChI is InChI=1S/C16H25N5OS/c1-3-4-5-23-9-13(11(2)22)7-18-6-12-8-19-15-14(12)20-10-21-16(15)17/h3,8,10-11,13,18-19,22H,1,4-7,9H2,2H3,(H2,17,20,21)/t11-,13-/m1/s1. The first kappa shape index (κ1) is 17.8. The van der Waals surface area contributed by atoms with Crippen LogP contribution in [0.2, 0.25) is 0 Å². The van der Waals surface area contributed by atoms with Crippen molar-refractivity contribution in [1.29, 1.82) is 0 Å². The first-order chi connectivity index (χ1) is 11.1. The first-order valence-corrected chi connectivity index (χ1v) is 8.92. The Kier molecular flexibility index (Phi) is 6.88. The van der Waals surface area contributed by atoms with E-state index in [4.69, 9.17) is 5.73 Å². The molecule has 6 nitrogen and oxygen atoms in total. The van der Waals surface area contributed by atoms with Gasteiger partial charge in [-0.15, -0.1) is 6.58 Å². The van der Waals surface area contributed by atoms with Crippen LogP contribution in [-0.2, 0) is 6.54 Å². The molecule has 0 amide bonds. The number of H-pyrrole nitrogens is 1. The first-order valence-electron chi connectivity index (χ1n) is 7.77. The highest BCUT2D eigenvalue weighted by atomic mass is 32.2. The molecule has 0 saturated heterocycles. The number of thioether (sulfide) groups is 1. The maximum absolute atomic E-state index is 9.92. The van der Waals surface area contributed by atoms with Crippen molar-refractivity contribution in [2.24, 2.45) is 5.92 Å². The number of aromatic nitrogens is 3. The van der Waals surface area contributed by atoms with Gasteiger partial charge in [-0.05, 0) is 24.9 Å². The second-order valence-corrected chi connectivity index (χ2v) is 6.73. The normalized spacial score (nSPS) is 14.0. The van der Waals surface area contributed by atoms with Crippen molar-refractivity contribution >= 4 is 28.6 Å². The van der Waals surface area contributed by atoms with Gasteiger partial charge in [0, 0.05) is 30.8 Å². The molecule has 23 heavy (non-hydrogen) atoms. The maximum Gasteiger partial charge on any atom is 0.151 e. The molecule has 0 spiro atoms. The zero-order valence-corrected chi connectivity index (χ0v) is 14.3. The van der Waals surface area contributed by atoms with Crippen LogP contribution in [-0.4, -0.2) is 44.2 Å². The fourth-order valence-electron chi connectivity index (χ4n) is 2.31. The Hall–Kier alpha value is -1.57. The number of hydrogen-bond acceptors (Lipinski definition) is 6. The van der Waals surface area contributed by atoms with Gasteiger partial charge in [-0.25, -0.2) is 9.97 Å². The van der Waals surface area contributed by atoms with Crippen LogP contribution in [0.3, 0.4) is 0 Å². The van der Waals surface area contributed by atoms with E-state index in [0.717, 1.165) is 41.1 Å². The van der Waals surface area contributed by atoms with Gasteiger partial charge in [0.2, 0.25) is 0 Å². The quantitative estimate of drug-likeness (QED) is 0.391. The summed E-state index contributed by atoms with van der Waals surface area (Å²) in [5.41, 5.74) is 8.49. The Morgan fingerprint density at radius 1 is 1.52 bits per heavy atom. The highest BCUT2D eigenvalue weighted by Gasteiger charge is 2.15. The summed E-state index contributed by atoms with van der Waals surface area (Å²) in [4.78, 5) is 11.4. The Bertz CT molecular complexity index is 628. The molecule has 0 unspecified atom stereocenters. The van der Waals surface area contributed by atoms with Crippen LogP contribution in [0.15, 0.2) is 25.2 Å². The SMILES string of the molecule is C=CCCSC[C@@H](CNCc1c[nH]c2c(N)ncnc12)[C@@H](C)O. The van der Waals surface area contributed by atoms with Crippen LogP contribution in [0.1, 0.15) is 18.9 Å². The molecule has 126 valence electrons. The Balaban J connectivity index is 1.86. The third-order valence-corrected chi connectivity index (χ3v) is 4.96. The number of aliphatic hydroxyl groups is 1. The number of nitrogen functional groups attached to an aromatic ring is 1. The summed E-state index contributed by atoms with van der Waals surface area (Å²) in [5.74, 6) is 2.66. The Morgan fingerprint density at radius 3 is 3.09 bits per heavy atom. The largest absolute Gasteiger partial charge is 0.393 e. The second-order valence-electron chi connectivity index (χ2n) is 5.58. The third-order valence-electron chi connectivity index (χ3n) is 3.77. The highest BCUT2D eigenvalue weighted by Crippen LogP contribution is 2.19. The molecular weight excluding hydrogens is 310 g/mol. The van der Waals surface area contributed by atoms with E-state index in [1.54, 1.807) is 0 Å². The molecule has 5 N–H and O–H groups in total. The van der Waals surface area contributed by atoms with Crippen molar-refractivity contribution in [3.63, 3.8) is 0 Å². The lowest BCUT2D eigenvalue weighted by molar-refractivity contribution is 0.136. The summed E-state index contributed by atoms with van der Waals surface area (Å²) in [6, 6.07) is 0. The molecule has 0 bridgehead atoms. The molecule has 0 aliphatic carbocycles. The van der Waals surface area contributed by atoms with Gasteiger partial charge in [-0.2, -0.15) is 11.8 Å². The molecule has 0 fully saturated rings. The Morgan fingerprint density at radius 2 is 2.35 bits per heavy atom. The molecule has 0 aliphatic heterocycles. The zero-order valence-electron chi connectivity index (χ0n) is 13.5. The van der Waals surface area contributed by atoms with Crippen molar-refractivity contribution in [1.82, 2.24) is 20.3 Å². The fraction of sp³-hybridized carbons (Fsp3) is 0.500. The molecule has 7 heteroatoms. The number of nitrogens with two attached hydrogens (primary N) is 1. The van der Waals surface area contributed by atoms with Crippen LogP contribution in [0.4, 0.5) is 5.82 Å². The number of nitrogens with zero attached hydrogens (tertiary/aromatic N) is 2. The number of hydrogen-bond donors (Lipinski definition) is 4. The summed E-state index contributed by atoms with van der Waals surface area (Å²) in [6.07, 6.45) is 5.97. The highest BCUT2D eigenvalue weighted by molar-refractivity contribution is 7.99. The van der Waals surface area contributed by atoms with Crippen molar-refractivity contribution in [2.45, 2.75) is 26.0 Å². The molecule has 2 rings (SSSR count). The van der Waals surface area contributed by atoms with Gasteiger partial charge >= 0.3 is 0 Å². The van der Waals surface area contributed by atoms with Crippen LogP contribution >= 0.6 is 11.8 Å². The monoisotopic (exact) mass is 335 g/mol. The van der Waals surface area contributed by atoms with E-state index in [1.165, 1.54) is 6.33 Å². The van der Waals surface area contributed by atoms with E-state index >= 15 is 0 Å². The minimum atomic E-state index is -0.334. The van der Waals surface area contributed by atoms with Gasteiger partial charge in [0.1, 0.15) is 11.8 Å². The van der Waals surface area contributed by atoms with Crippen molar-refractivity contribution in [2.75, 3.05) is 23.8 Å². The number of anilines is 1. The number of fused-ring (bicyclic) bond motifs is 1.